The molecule has 0 atom stereocenters. The molecule has 0 spiro atoms. The molecule has 2 aromatic carbocycles. The molecule has 1 amide bonds. The number of nitrogens with zero attached hydrogens (tertiary/aromatic N) is 3. The van der Waals surface area contributed by atoms with Crippen LogP contribution in [-0.2, 0) is 6.42 Å². The van der Waals surface area contributed by atoms with Crippen molar-refractivity contribution in [1.29, 1.82) is 0 Å². The van der Waals surface area contributed by atoms with Gasteiger partial charge in [-0.3, -0.25) is 9.78 Å². The van der Waals surface area contributed by atoms with Gasteiger partial charge in [0, 0.05) is 18.1 Å². The number of anilines is 2. The van der Waals surface area contributed by atoms with Crippen molar-refractivity contribution < 1.29 is 4.79 Å². The topological polar surface area (TPSA) is 79.8 Å². The minimum absolute atomic E-state index is 0.116. The van der Waals surface area contributed by atoms with Crippen LogP contribution in [0.2, 0.25) is 5.02 Å². The molecule has 4 rings (SSSR count). The molecule has 4 aromatic rings. The van der Waals surface area contributed by atoms with Crippen LogP contribution in [0.3, 0.4) is 0 Å². The van der Waals surface area contributed by atoms with Crippen molar-refractivity contribution in [2.24, 2.45) is 0 Å². The molecule has 6 nitrogen and oxygen atoms in total. The van der Waals surface area contributed by atoms with Gasteiger partial charge in [0.15, 0.2) is 5.69 Å². The molecule has 0 aliphatic rings. The fourth-order valence-corrected chi connectivity index (χ4v) is 3.15. The normalized spacial score (nSPS) is 10.7. The summed E-state index contributed by atoms with van der Waals surface area (Å²) in [4.78, 5) is 25.6. The van der Waals surface area contributed by atoms with Gasteiger partial charge in [-0.2, -0.15) is 0 Å². The average molecular weight is 404 g/mol. The Morgan fingerprint density at radius 3 is 2.69 bits per heavy atom. The van der Waals surface area contributed by atoms with Gasteiger partial charge >= 0.3 is 0 Å². The number of nitrogens with one attached hydrogen (secondary N) is 2. The Kier molecular flexibility index (Phi) is 5.63. The number of benzene rings is 2. The van der Waals surface area contributed by atoms with Crippen molar-refractivity contribution >= 4 is 40.0 Å². The van der Waals surface area contributed by atoms with E-state index in [-0.39, 0.29) is 10.7 Å². The Hall–Kier alpha value is -3.51. The largest absolute Gasteiger partial charge is 0.354 e. The quantitative estimate of drug-likeness (QED) is 0.492. The van der Waals surface area contributed by atoms with E-state index in [2.05, 4.69) is 37.7 Å². The monoisotopic (exact) mass is 403 g/mol. The second-order valence-electron chi connectivity index (χ2n) is 6.38. The Bertz CT molecular complexity index is 1140. The summed E-state index contributed by atoms with van der Waals surface area (Å²) in [5.41, 5.74) is 2.76. The molecule has 7 heteroatoms. The minimum Gasteiger partial charge on any atom is -0.354 e. The molecule has 0 saturated heterocycles. The van der Waals surface area contributed by atoms with Crippen LogP contribution < -0.4 is 10.6 Å². The molecule has 144 valence electrons. The highest BCUT2D eigenvalue weighted by molar-refractivity contribution is 6.34. The van der Waals surface area contributed by atoms with Crippen LogP contribution in [0, 0.1) is 0 Å². The fourth-order valence-electron chi connectivity index (χ4n) is 2.97. The van der Waals surface area contributed by atoms with Gasteiger partial charge in [-0.15, -0.1) is 0 Å². The Morgan fingerprint density at radius 2 is 1.83 bits per heavy atom. The van der Waals surface area contributed by atoms with Crippen LogP contribution in [0.4, 0.5) is 11.6 Å². The molecule has 0 fully saturated rings. The number of rotatable bonds is 6. The van der Waals surface area contributed by atoms with Crippen LogP contribution in [-0.4, -0.2) is 27.4 Å². The Balaban J connectivity index is 1.48. The lowest BCUT2D eigenvalue weighted by Crippen LogP contribution is -2.17. The minimum atomic E-state index is -0.403. The van der Waals surface area contributed by atoms with Crippen molar-refractivity contribution in [1.82, 2.24) is 15.0 Å². The Labute approximate surface area is 173 Å². The summed E-state index contributed by atoms with van der Waals surface area (Å²) in [5.74, 6) is -0.0464. The number of aromatic nitrogens is 3. The first kappa shape index (κ1) is 18.8. The number of carbonyl (C=O) groups excluding carboxylic acids is 1. The summed E-state index contributed by atoms with van der Waals surface area (Å²) >= 11 is 6.18. The van der Waals surface area contributed by atoms with Crippen molar-refractivity contribution in [2.45, 2.75) is 6.42 Å². The van der Waals surface area contributed by atoms with Gasteiger partial charge in [0.05, 0.1) is 22.4 Å². The first-order valence-corrected chi connectivity index (χ1v) is 9.54. The predicted molar refractivity (Wildman–Crippen MR) is 115 cm³/mol. The zero-order chi connectivity index (χ0) is 20.1. The van der Waals surface area contributed by atoms with Gasteiger partial charge in [0.2, 0.25) is 5.95 Å². The van der Waals surface area contributed by atoms with Gasteiger partial charge in [-0.1, -0.05) is 48.0 Å². The molecule has 29 heavy (non-hydrogen) atoms. The highest BCUT2D eigenvalue weighted by Crippen LogP contribution is 2.23. The molecule has 2 aromatic heterocycles. The number of pyridine rings is 1. The number of fused-ring (bicyclic) bond motifs is 1. The molecule has 2 N–H and O–H groups in total. The molecular weight excluding hydrogens is 386 g/mol. The van der Waals surface area contributed by atoms with E-state index in [4.69, 9.17) is 11.6 Å². The van der Waals surface area contributed by atoms with E-state index in [9.17, 15) is 4.79 Å². The maximum atomic E-state index is 12.8. The van der Waals surface area contributed by atoms with Gasteiger partial charge in [0.25, 0.3) is 5.91 Å². The van der Waals surface area contributed by atoms with Gasteiger partial charge < -0.3 is 10.6 Å². The third-order valence-electron chi connectivity index (χ3n) is 4.39. The fraction of sp³-hybridized carbons (Fsp3) is 0.0909. The molecule has 0 unspecified atom stereocenters. The smallest absolute Gasteiger partial charge is 0.276 e. The molecule has 2 heterocycles. The SMILES string of the molecule is O=C(Nc1cccc2ncccc12)c1nc(NCCc2ccccc2)ncc1Cl. The van der Waals surface area contributed by atoms with E-state index in [1.165, 1.54) is 11.8 Å². The summed E-state index contributed by atoms with van der Waals surface area (Å²) in [6.07, 6.45) is 3.96. The summed E-state index contributed by atoms with van der Waals surface area (Å²) in [6.45, 7) is 0.641. The van der Waals surface area contributed by atoms with Crippen molar-refractivity contribution in [2.75, 3.05) is 17.2 Å². The first-order valence-electron chi connectivity index (χ1n) is 9.16. The second kappa shape index (κ2) is 8.67. The van der Waals surface area contributed by atoms with Crippen LogP contribution >= 0.6 is 11.6 Å². The summed E-state index contributed by atoms with van der Waals surface area (Å²) < 4.78 is 0. The third kappa shape index (κ3) is 4.50. The summed E-state index contributed by atoms with van der Waals surface area (Å²) in [7, 11) is 0. The molecule has 0 aliphatic heterocycles. The van der Waals surface area contributed by atoms with E-state index in [0.29, 0.717) is 18.2 Å². The number of hydrogen-bond acceptors (Lipinski definition) is 5. The molecular formula is C22H18ClN5O. The standard InChI is InChI=1S/C22H18ClN5O/c23-17-14-26-22(25-13-11-15-6-2-1-3-7-15)28-20(17)21(29)27-19-10-4-9-18-16(19)8-5-12-24-18/h1-10,12,14H,11,13H2,(H,27,29)(H,25,26,28). The Morgan fingerprint density at radius 1 is 0.966 bits per heavy atom. The first-order chi connectivity index (χ1) is 14.2. The summed E-state index contributed by atoms with van der Waals surface area (Å²) in [6, 6.07) is 19.4. The maximum absolute atomic E-state index is 12.8. The lowest BCUT2D eigenvalue weighted by molar-refractivity contribution is 0.102. The van der Waals surface area contributed by atoms with Crippen LogP contribution in [0.25, 0.3) is 10.9 Å². The molecule has 0 aliphatic carbocycles. The lowest BCUT2D eigenvalue weighted by Gasteiger charge is -2.10. The van der Waals surface area contributed by atoms with Crippen LogP contribution in [0.1, 0.15) is 16.1 Å². The highest BCUT2D eigenvalue weighted by Gasteiger charge is 2.15. The summed E-state index contributed by atoms with van der Waals surface area (Å²) in [5, 5.41) is 7.04. The number of amides is 1. The third-order valence-corrected chi connectivity index (χ3v) is 4.67. The maximum Gasteiger partial charge on any atom is 0.276 e. The van der Waals surface area contributed by atoms with Crippen molar-refractivity contribution in [3.8, 4) is 0 Å². The van der Waals surface area contributed by atoms with Gasteiger partial charge in [-0.05, 0) is 36.2 Å². The zero-order valence-corrected chi connectivity index (χ0v) is 16.2. The van der Waals surface area contributed by atoms with Crippen LogP contribution in [0.15, 0.2) is 73.1 Å². The van der Waals surface area contributed by atoms with Gasteiger partial charge in [-0.25, -0.2) is 9.97 Å². The number of halogens is 1. The highest BCUT2D eigenvalue weighted by atomic mass is 35.5. The predicted octanol–water partition coefficient (Wildman–Crippen LogP) is 4.59. The molecule has 0 bridgehead atoms. The van der Waals surface area contributed by atoms with Crippen molar-refractivity contribution in [3.05, 3.63) is 89.3 Å². The van der Waals surface area contributed by atoms with E-state index >= 15 is 0 Å². The second-order valence-corrected chi connectivity index (χ2v) is 6.79. The zero-order valence-electron chi connectivity index (χ0n) is 15.5. The lowest BCUT2D eigenvalue weighted by atomic mass is 10.1. The average Bonchev–Trinajstić information content (AvgIpc) is 2.76. The van der Waals surface area contributed by atoms with E-state index < -0.39 is 5.91 Å². The number of hydrogen-bond donors (Lipinski definition) is 2. The molecule has 0 saturated carbocycles. The van der Waals surface area contributed by atoms with E-state index in [1.54, 1.807) is 6.20 Å². The van der Waals surface area contributed by atoms with E-state index in [1.807, 2.05) is 48.5 Å². The molecule has 0 radical (unpaired) electrons. The van der Waals surface area contributed by atoms with Gasteiger partial charge in [0.1, 0.15) is 0 Å². The van der Waals surface area contributed by atoms with Crippen LogP contribution in [0.5, 0.6) is 0 Å². The van der Waals surface area contributed by atoms with Crippen molar-refractivity contribution in [3.63, 3.8) is 0 Å². The number of carbonyl (C=O) groups is 1. The van der Waals surface area contributed by atoms with E-state index in [0.717, 1.165) is 17.3 Å².